The number of benzene rings is 1. The minimum atomic E-state index is -0.408. The summed E-state index contributed by atoms with van der Waals surface area (Å²) >= 11 is 11.6. The number of rotatable bonds is 5. The van der Waals surface area contributed by atoms with Crippen LogP contribution in [0.3, 0.4) is 0 Å². The molecule has 0 saturated carbocycles. The number of carbonyl (C=O) groups is 1. The zero-order valence-corrected chi connectivity index (χ0v) is 11.8. The first-order chi connectivity index (χ1) is 9.58. The molecule has 106 valence electrons. The van der Waals surface area contributed by atoms with Crippen LogP contribution in [-0.4, -0.2) is 34.8 Å². The van der Waals surface area contributed by atoms with Gasteiger partial charge in [0.2, 0.25) is 5.95 Å². The number of aromatic amines is 1. The van der Waals surface area contributed by atoms with Crippen molar-refractivity contribution in [1.29, 1.82) is 0 Å². The number of nitrogens with one attached hydrogen (secondary N) is 2. The van der Waals surface area contributed by atoms with Crippen molar-refractivity contribution in [2.24, 2.45) is 0 Å². The predicted octanol–water partition coefficient (Wildman–Crippen LogP) is 2.14. The summed E-state index contributed by atoms with van der Waals surface area (Å²) in [6, 6.07) is 4.84. The van der Waals surface area contributed by atoms with Crippen molar-refractivity contribution in [1.82, 2.24) is 15.2 Å². The van der Waals surface area contributed by atoms with Gasteiger partial charge in [-0.2, -0.15) is 4.98 Å². The first-order valence-electron chi connectivity index (χ1n) is 5.42. The lowest BCUT2D eigenvalue weighted by atomic mass is 10.3. The van der Waals surface area contributed by atoms with E-state index < -0.39 is 5.91 Å². The molecule has 0 saturated heterocycles. The van der Waals surface area contributed by atoms with E-state index in [9.17, 15) is 4.79 Å². The minimum absolute atomic E-state index is 0.130. The van der Waals surface area contributed by atoms with E-state index in [-0.39, 0.29) is 18.6 Å². The molecule has 0 aliphatic heterocycles. The quantitative estimate of drug-likeness (QED) is 0.882. The van der Waals surface area contributed by atoms with Gasteiger partial charge in [-0.05, 0) is 12.1 Å². The molecule has 1 aromatic heterocycles. The lowest BCUT2D eigenvalue weighted by Crippen LogP contribution is -2.20. The lowest BCUT2D eigenvalue weighted by Gasteiger charge is -2.06. The van der Waals surface area contributed by atoms with Gasteiger partial charge in [-0.1, -0.05) is 23.2 Å². The molecule has 2 N–H and O–H groups in total. The smallest absolute Gasteiger partial charge is 0.336 e. The zero-order chi connectivity index (χ0) is 14.5. The molecule has 0 aliphatic carbocycles. The molecule has 1 amide bonds. The van der Waals surface area contributed by atoms with Gasteiger partial charge in [-0.25, -0.2) is 5.10 Å². The summed E-state index contributed by atoms with van der Waals surface area (Å²) < 4.78 is 10.0. The average molecular weight is 317 g/mol. The maximum atomic E-state index is 11.6. The summed E-state index contributed by atoms with van der Waals surface area (Å²) in [5.74, 6) is 0.198. The van der Waals surface area contributed by atoms with Gasteiger partial charge in [0.25, 0.3) is 5.91 Å². The first kappa shape index (κ1) is 14.4. The molecule has 0 bridgehead atoms. The Bertz CT molecular complexity index is 617. The zero-order valence-electron chi connectivity index (χ0n) is 10.3. The normalized spacial score (nSPS) is 10.2. The number of methoxy groups -OCH3 is 1. The number of hydrogen-bond donors (Lipinski definition) is 2. The van der Waals surface area contributed by atoms with Crippen LogP contribution in [0.4, 0.5) is 5.95 Å². The lowest BCUT2D eigenvalue weighted by molar-refractivity contribution is -0.118. The summed E-state index contributed by atoms with van der Waals surface area (Å²) in [6.45, 7) is -0.207. The number of H-pyrrole nitrogens is 1. The van der Waals surface area contributed by atoms with Crippen LogP contribution in [0, 0.1) is 0 Å². The largest absolute Gasteiger partial charge is 0.484 e. The third-order valence-corrected chi connectivity index (χ3v) is 2.91. The second-order valence-electron chi connectivity index (χ2n) is 3.58. The number of halogens is 2. The van der Waals surface area contributed by atoms with E-state index in [4.69, 9.17) is 32.7 Å². The average Bonchev–Trinajstić information content (AvgIpc) is 2.88. The fourth-order valence-corrected chi connectivity index (χ4v) is 1.57. The Balaban J connectivity index is 1.87. The van der Waals surface area contributed by atoms with Gasteiger partial charge in [-0.3, -0.25) is 10.1 Å². The van der Waals surface area contributed by atoms with Crippen LogP contribution in [-0.2, 0) is 4.79 Å². The van der Waals surface area contributed by atoms with Gasteiger partial charge in [-0.15, -0.1) is 5.10 Å². The Labute approximate surface area is 124 Å². The van der Waals surface area contributed by atoms with Crippen LogP contribution in [0.1, 0.15) is 0 Å². The van der Waals surface area contributed by atoms with E-state index in [0.717, 1.165) is 0 Å². The first-order valence-corrected chi connectivity index (χ1v) is 6.18. The van der Waals surface area contributed by atoms with Crippen LogP contribution >= 0.6 is 23.2 Å². The molecule has 0 radical (unpaired) electrons. The molecule has 0 atom stereocenters. The van der Waals surface area contributed by atoms with Crippen LogP contribution in [0.5, 0.6) is 11.8 Å². The van der Waals surface area contributed by atoms with E-state index in [2.05, 4.69) is 20.5 Å². The molecule has 0 fully saturated rings. The Morgan fingerprint density at radius 3 is 2.85 bits per heavy atom. The van der Waals surface area contributed by atoms with Crippen molar-refractivity contribution in [3.8, 4) is 11.8 Å². The summed E-state index contributed by atoms with van der Waals surface area (Å²) in [5.41, 5.74) is 0. The number of anilines is 1. The van der Waals surface area contributed by atoms with E-state index in [1.807, 2.05) is 0 Å². The van der Waals surface area contributed by atoms with Crippen LogP contribution in [0.25, 0.3) is 0 Å². The van der Waals surface area contributed by atoms with Gasteiger partial charge in [0, 0.05) is 6.07 Å². The Morgan fingerprint density at radius 2 is 2.20 bits per heavy atom. The van der Waals surface area contributed by atoms with Gasteiger partial charge in [0.15, 0.2) is 6.61 Å². The number of hydrogen-bond acceptors (Lipinski definition) is 5. The Hall–Kier alpha value is -1.99. The highest BCUT2D eigenvalue weighted by molar-refractivity contribution is 6.42. The summed E-state index contributed by atoms with van der Waals surface area (Å²) in [7, 11) is 1.42. The minimum Gasteiger partial charge on any atom is -0.484 e. The van der Waals surface area contributed by atoms with Crippen molar-refractivity contribution in [3.63, 3.8) is 0 Å². The number of nitrogens with zero attached hydrogens (tertiary/aromatic N) is 2. The molecule has 0 unspecified atom stereocenters. The molecular formula is C11H10Cl2N4O3. The second kappa shape index (κ2) is 6.44. The van der Waals surface area contributed by atoms with Crippen LogP contribution in [0.2, 0.25) is 10.0 Å². The molecule has 1 heterocycles. The highest BCUT2D eigenvalue weighted by Crippen LogP contribution is 2.26. The standard InChI is InChI=1S/C11H10Cl2N4O3/c1-19-11-15-10(16-17-11)14-9(18)5-20-6-2-3-7(12)8(13)4-6/h2-4H,5H2,1H3,(H2,14,15,16,17,18). The SMILES string of the molecule is COc1n[nH]c(NC(=O)COc2ccc(Cl)c(Cl)c2)n1. The van der Waals surface area contributed by atoms with E-state index in [1.54, 1.807) is 12.1 Å². The fraction of sp³-hybridized carbons (Fsp3) is 0.182. The number of aromatic nitrogens is 3. The molecule has 2 rings (SSSR count). The summed E-state index contributed by atoms with van der Waals surface area (Å²) in [5, 5.41) is 9.40. The molecule has 2 aromatic rings. The van der Waals surface area contributed by atoms with Crippen molar-refractivity contribution >= 4 is 35.1 Å². The second-order valence-corrected chi connectivity index (χ2v) is 4.40. The van der Waals surface area contributed by atoms with Crippen LogP contribution < -0.4 is 14.8 Å². The van der Waals surface area contributed by atoms with Crippen molar-refractivity contribution in [3.05, 3.63) is 28.2 Å². The van der Waals surface area contributed by atoms with Gasteiger partial charge >= 0.3 is 6.01 Å². The monoisotopic (exact) mass is 316 g/mol. The van der Waals surface area contributed by atoms with E-state index in [0.29, 0.717) is 15.8 Å². The molecule has 0 aliphatic rings. The van der Waals surface area contributed by atoms with E-state index >= 15 is 0 Å². The predicted molar refractivity (Wildman–Crippen MR) is 73.5 cm³/mol. The number of amides is 1. The Morgan fingerprint density at radius 1 is 1.40 bits per heavy atom. The summed E-state index contributed by atoms with van der Waals surface area (Å²) in [6.07, 6.45) is 0. The van der Waals surface area contributed by atoms with Crippen LogP contribution in [0.15, 0.2) is 18.2 Å². The van der Waals surface area contributed by atoms with Gasteiger partial charge in [0.05, 0.1) is 17.2 Å². The van der Waals surface area contributed by atoms with Crippen molar-refractivity contribution < 1.29 is 14.3 Å². The third-order valence-electron chi connectivity index (χ3n) is 2.17. The molecule has 20 heavy (non-hydrogen) atoms. The molecule has 1 aromatic carbocycles. The number of ether oxygens (including phenoxy) is 2. The summed E-state index contributed by atoms with van der Waals surface area (Å²) in [4.78, 5) is 15.4. The fourth-order valence-electron chi connectivity index (χ4n) is 1.28. The maximum Gasteiger partial charge on any atom is 0.336 e. The third kappa shape index (κ3) is 3.75. The van der Waals surface area contributed by atoms with Gasteiger partial charge in [0.1, 0.15) is 5.75 Å². The van der Waals surface area contributed by atoms with Gasteiger partial charge < -0.3 is 9.47 Å². The molecular weight excluding hydrogens is 307 g/mol. The van der Waals surface area contributed by atoms with Crippen molar-refractivity contribution in [2.45, 2.75) is 0 Å². The molecule has 7 nitrogen and oxygen atoms in total. The maximum absolute atomic E-state index is 11.6. The number of carbonyl (C=O) groups excluding carboxylic acids is 1. The topological polar surface area (TPSA) is 89.1 Å². The Kier molecular flexibility index (Phi) is 4.65. The highest BCUT2D eigenvalue weighted by atomic mass is 35.5. The van der Waals surface area contributed by atoms with E-state index in [1.165, 1.54) is 13.2 Å². The highest BCUT2D eigenvalue weighted by Gasteiger charge is 2.08. The van der Waals surface area contributed by atoms with Crippen molar-refractivity contribution in [2.75, 3.05) is 19.0 Å². The molecule has 0 spiro atoms. The molecule has 9 heteroatoms.